The molecule has 1 unspecified atom stereocenters. The van der Waals surface area contributed by atoms with Gasteiger partial charge in [0.1, 0.15) is 0 Å². The molecule has 2 N–H and O–H groups in total. The highest BCUT2D eigenvalue weighted by Crippen LogP contribution is 2.32. The van der Waals surface area contributed by atoms with Gasteiger partial charge in [0, 0.05) is 19.1 Å². The maximum absolute atomic E-state index is 4.61. The maximum atomic E-state index is 4.61. The van der Waals surface area contributed by atoms with Crippen molar-refractivity contribution in [2.45, 2.75) is 53.0 Å². The van der Waals surface area contributed by atoms with Crippen LogP contribution in [0.4, 0.5) is 0 Å². The first-order valence-corrected chi connectivity index (χ1v) is 6.68. The summed E-state index contributed by atoms with van der Waals surface area (Å²) in [5.41, 5.74) is 0. The lowest BCUT2D eigenvalue weighted by atomic mass is 10.1. The van der Waals surface area contributed by atoms with E-state index in [1.165, 1.54) is 19.3 Å². The van der Waals surface area contributed by atoms with Crippen LogP contribution in [0.5, 0.6) is 0 Å². The second-order valence-electron chi connectivity index (χ2n) is 5.17. The molecule has 1 aliphatic rings. The van der Waals surface area contributed by atoms with E-state index in [0.717, 1.165) is 25.0 Å². The number of nitrogens with one attached hydrogen (secondary N) is 2. The Morgan fingerprint density at radius 1 is 1.29 bits per heavy atom. The summed E-state index contributed by atoms with van der Waals surface area (Å²) in [5.74, 6) is 2.57. The van der Waals surface area contributed by atoms with E-state index < -0.39 is 0 Å². The Morgan fingerprint density at radius 3 is 2.41 bits per heavy atom. The van der Waals surface area contributed by atoms with E-state index in [4.69, 9.17) is 0 Å². The van der Waals surface area contributed by atoms with Crippen LogP contribution in [0.3, 0.4) is 0 Å². The minimum absolute atomic E-state index is 0. The van der Waals surface area contributed by atoms with Gasteiger partial charge in [0.25, 0.3) is 0 Å². The topological polar surface area (TPSA) is 36.4 Å². The van der Waals surface area contributed by atoms with Gasteiger partial charge in [0.2, 0.25) is 0 Å². The van der Waals surface area contributed by atoms with Crippen molar-refractivity contribution in [2.75, 3.05) is 13.1 Å². The van der Waals surface area contributed by atoms with Gasteiger partial charge >= 0.3 is 0 Å². The Labute approximate surface area is 123 Å². The number of hydrogen-bond acceptors (Lipinski definition) is 1. The van der Waals surface area contributed by atoms with Crippen LogP contribution in [0.15, 0.2) is 4.99 Å². The van der Waals surface area contributed by atoms with Gasteiger partial charge < -0.3 is 10.6 Å². The molecule has 0 aromatic rings. The third-order valence-electron chi connectivity index (χ3n) is 3.21. The Bertz CT molecular complexity index is 225. The van der Waals surface area contributed by atoms with Gasteiger partial charge in [-0.25, -0.2) is 0 Å². The second kappa shape index (κ2) is 9.00. The molecule has 4 heteroatoms. The van der Waals surface area contributed by atoms with Crippen LogP contribution in [0.2, 0.25) is 0 Å². The molecule has 0 bridgehead atoms. The first-order valence-electron chi connectivity index (χ1n) is 6.68. The van der Waals surface area contributed by atoms with Crippen molar-refractivity contribution < 1.29 is 0 Å². The van der Waals surface area contributed by atoms with Gasteiger partial charge in [-0.1, -0.05) is 26.7 Å². The fourth-order valence-electron chi connectivity index (χ4n) is 1.47. The predicted molar refractivity (Wildman–Crippen MR) is 86.2 cm³/mol. The summed E-state index contributed by atoms with van der Waals surface area (Å²) >= 11 is 0. The average molecular weight is 353 g/mol. The number of guanidine groups is 1. The number of rotatable bonds is 6. The summed E-state index contributed by atoms with van der Waals surface area (Å²) in [6.07, 6.45) is 4.09. The normalized spacial score (nSPS) is 17.6. The van der Waals surface area contributed by atoms with E-state index in [9.17, 15) is 0 Å². The minimum Gasteiger partial charge on any atom is -0.357 e. The van der Waals surface area contributed by atoms with Crippen molar-refractivity contribution in [2.24, 2.45) is 16.8 Å². The van der Waals surface area contributed by atoms with Gasteiger partial charge in [0.15, 0.2) is 5.96 Å². The summed E-state index contributed by atoms with van der Waals surface area (Å²) in [7, 11) is 0. The molecule has 1 rings (SSSR count). The SMILES string of the molecule is CCNC(=NCCC1CC1)NC(C)C(C)C.I. The third kappa shape index (κ3) is 7.84. The van der Waals surface area contributed by atoms with Crippen LogP contribution >= 0.6 is 24.0 Å². The molecule has 0 spiro atoms. The molecule has 1 saturated carbocycles. The molecule has 0 saturated heterocycles. The van der Waals surface area contributed by atoms with Crippen molar-refractivity contribution in [3.63, 3.8) is 0 Å². The van der Waals surface area contributed by atoms with Crippen LogP contribution in [0.25, 0.3) is 0 Å². The van der Waals surface area contributed by atoms with Crippen molar-refractivity contribution in [3.8, 4) is 0 Å². The zero-order valence-corrected chi connectivity index (χ0v) is 14.0. The highest BCUT2D eigenvalue weighted by Gasteiger charge is 2.20. The van der Waals surface area contributed by atoms with E-state index >= 15 is 0 Å². The van der Waals surface area contributed by atoms with E-state index in [1.54, 1.807) is 0 Å². The summed E-state index contributed by atoms with van der Waals surface area (Å²) in [6.45, 7) is 10.7. The molecule has 1 fully saturated rings. The van der Waals surface area contributed by atoms with Gasteiger partial charge in [0.05, 0.1) is 0 Å². The van der Waals surface area contributed by atoms with E-state index in [2.05, 4.69) is 43.3 Å². The average Bonchev–Trinajstić information content (AvgIpc) is 3.01. The Kier molecular flexibility index (Phi) is 9.00. The maximum Gasteiger partial charge on any atom is 0.191 e. The van der Waals surface area contributed by atoms with Crippen LogP contribution in [-0.2, 0) is 0 Å². The number of aliphatic imine (C=N–C) groups is 1. The van der Waals surface area contributed by atoms with Crippen molar-refractivity contribution in [3.05, 3.63) is 0 Å². The summed E-state index contributed by atoms with van der Waals surface area (Å²) in [5, 5.41) is 6.75. The minimum atomic E-state index is 0. The van der Waals surface area contributed by atoms with E-state index in [0.29, 0.717) is 12.0 Å². The number of nitrogens with zero attached hydrogens (tertiary/aromatic N) is 1. The fraction of sp³-hybridized carbons (Fsp3) is 0.923. The highest BCUT2D eigenvalue weighted by molar-refractivity contribution is 14.0. The third-order valence-corrected chi connectivity index (χ3v) is 3.21. The first kappa shape index (κ1) is 17.0. The monoisotopic (exact) mass is 353 g/mol. The quantitative estimate of drug-likeness (QED) is 0.438. The van der Waals surface area contributed by atoms with Gasteiger partial charge in [-0.3, -0.25) is 4.99 Å². The molecule has 1 aliphatic carbocycles. The zero-order valence-electron chi connectivity index (χ0n) is 11.6. The summed E-state index contributed by atoms with van der Waals surface area (Å²) in [6, 6.07) is 0.471. The van der Waals surface area contributed by atoms with E-state index in [1.807, 2.05) is 0 Å². The molecule has 17 heavy (non-hydrogen) atoms. The molecule has 3 nitrogen and oxygen atoms in total. The van der Waals surface area contributed by atoms with Gasteiger partial charge in [-0.05, 0) is 32.1 Å². The largest absolute Gasteiger partial charge is 0.357 e. The molecule has 0 radical (unpaired) electrons. The highest BCUT2D eigenvalue weighted by atomic mass is 127. The second-order valence-corrected chi connectivity index (χ2v) is 5.17. The molecule has 0 aromatic carbocycles. The van der Waals surface area contributed by atoms with Gasteiger partial charge in [-0.2, -0.15) is 0 Å². The Morgan fingerprint density at radius 2 is 1.94 bits per heavy atom. The Hall–Kier alpha value is 0. The predicted octanol–water partition coefficient (Wildman–Crippen LogP) is 3.00. The molecule has 0 heterocycles. The van der Waals surface area contributed by atoms with Crippen molar-refractivity contribution in [1.82, 2.24) is 10.6 Å². The van der Waals surface area contributed by atoms with Crippen LogP contribution in [-0.4, -0.2) is 25.1 Å². The Balaban J connectivity index is 0.00000256. The smallest absolute Gasteiger partial charge is 0.191 e. The molecular weight excluding hydrogens is 325 g/mol. The van der Waals surface area contributed by atoms with Crippen molar-refractivity contribution in [1.29, 1.82) is 0 Å². The summed E-state index contributed by atoms with van der Waals surface area (Å²) in [4.78, 5) is 4.61. The first-order chi connectivity index (χ1) is 7.63. The lowest BCUT2D eigenvalue weighted by Gasteiger charge is -2.20. The zero-order chi connectivity index (χ0) is 12.0. The molecule has 102 valence electrons. The summed E-state index contributed by atoms with van der Waals surface area (Å²) < 4.78 is 0. The molecule has 0 aromatic heterocycles. The fourth-order valence-corrected chi connectivity index (χ4v) is 1.47. The molecule has 0 aliphatic heterocycles. The van der Waals surface area contributed by atoms with Crippen LogP contribution in [0, 0.1) is 11.8 Å². The van der Waals surface area contributed by atoms with E-state index in [-0.39, 0.29) is 24.0 Å². The van der Waals surface area contributed by atoms with Gasteiger partial charge in [-0.15, -0.1) is 24.0 Å². The standard InChI is InChI=1S/C13H27N3.HI/c1-5-14-13(16-11(4)10(2)3)15-9-8-12-6-7-12;/h10-12H,5-9H2,1-4H3,(H2,14,15,16);1H. The molecule has 1 atom stereocenters. The van der Waals surface area contributed by atoms with Crippen LogP contribution in [0.1, 0.15) is 47.0 Å². The van der Waals surface area contributed by atoms with Crippen molar-refractivity contribution >= 4 is 29.9 Å². The number of halogens is 1. The van der Waals surface area contributed by atoms with Crippen LogP contribution < -0.4 is 10.6 Å². The lowest BCUT2D eigenvalue weighted by molar-refractivity contribution is 0.480. The lowest BCUT2D eigenvalue weighted by Crippen LogP contribution is -2.44. The molecule has 0 amide bonds. The molecular formula is C13H28IN3. The number of hydrogen-bond donors (Lipinski definition) is 2.